The summed E-state index contributed by atoms with van der Waals surface area (Å²) in [4.78, 5) is 12.1. The summed E-state index contributed by atoms with van der Waals surface area (Å²) in [5, 5.41) is 4.29. The number of methoxy groups -OCH3 is 1. The van der Waals surface area contributed by atoms with Gasteiger partial charge in [-0.15, -0.1) is 0 Å². The van der Waals surface area contributed by atoms with Crippen molar-refractivity contribution in [1.82, 2.24) is 5.43 Å². The number of hydrazone groups is 1. The molecule has 0 heterocycles. The first-order valence-electron chi connectivity index (χ1n) is 7.60. The first kappa shape index (κ1) is 21.0. The maximum absolute atomic E-state index is 12.1. The predicted octanol–water partition coefficient (Wildman–Crippen LogP) is 2.92. The molecule has 2 aromatic rings. The lowest BCUT2D eigenvalue weighted by Gasteiger charge is -2.21. The Kier molecular flexibility index (Phi) is 7.06. The molecule has 0 spiro atoms. The van der Waals surface area contributed by atoms with Crippen molar-refractivity contribution in [2.24, 2.45) is 5.10 Å². The van der Waals surface area contributed by atoms with E-state index >= 15 is 0 Å². The number of amides is 1. The van der Waals surface area contributed by atoms with Crippen LogP contribution in [0.3, 0.4) is 0 Å². The lowest BCUT2D eigenvalue weighted by atomic mass is 10.2. The van der Waals surface area contributed by atoms with Crippen LogP contribution < -0.4 is 14.5 Å². The fourth-order valence-electron chi connectivity index (χ4n) is 2.15. The van der Waals surface area contributed by atoms with Crippen molar-refractivity contribution in [2.45, 2.75) is 0 Å². The Labute approximate surface area is 167 Å². The molecule has 0 saturated heterocycles. The Hall–Kier alpha value is -2.29. The van der Waals surface area contributed by atoms with Gasteiger partial charge in [-0.1, -0.05) is 35.3 Å². The van der Waals surface area contributed by atoms with Crippen LogP contribution in [-0.2, 0) is 14.8 Å². The quantitative estimate of drug-likeness (QED) is 0.541. The Morgan fingerprint density at radius 3 is 2.56 bits per heavy atom. The van der Waals surface area contributed by atoms with Gasteiger partial charge in [-0.25, -0.2) is 13.8 Å². The number of halogens is 2. The van der Waals surface area contributed by atoms with E-state index in [0.29, 0.717) is 11.3 Å². The molecule has 0 radical (unpaired) electrons. The molecular formula is C17H17Cl2N3O4S. The van der Waals surface area contributed by atoms with Gasteiger partial charge in [-0.05, 0) is 30.3 Å². The maximum atomic E-state index is 12.1. The van der Waals surface area contributed by atoms with E-state index in [2.05, 4.69) is 10.5 Å². The first-order valence-corrected chi connectivity index (χ1v) is 10.2. The minimum atomic E-state index is -3.73. The monoisotopic (exact) mass is 429 g/mol. The highest BCUT2D eigenvalue weighted by molar-refractivity contribution is 7.92. The number of carbonyl (C=O) groups excluding carboxylic acids is 1. The van der Waals surface area contributed by atoms with E-state index < -0.39 is 22.5 Å². The molecule has 0 aromatic heterocycles. The number of ether oxygens (including phenoxy) is 1. The van der Waals surface area contributed by atoms with Crippen LogP contribution in [-0.4, -0.2) is 40.4 Å². The minimum Gasteiger partial charge on any atom is -0.496 e. The highest BCUT2D eigenvalue weighted by atomic mass is 35.5. The van der Waals surface area contributed by atoms with Crippen molar-refractivity contribution in [3.8, 4) is 5.75 Å². The molecule has 10 heteroatoms. The van der Waals surface area contributed by atoms with Crippen molar-refractivity contribution < 1.29 is 17.9 Å². The lowest BCUT2D eigenvalue weighted by molar-refractivity contribution is -0.119. The Morgan fingerprint density at radius 2 is 1.93 bits per heavy atom. The van der Waals surface area contributed by atoms with E-state index in [9.17, 15) is 13.2 Å². The predicted molar refractivity (Wildman–Crippen MR) is 107 cm³/mol. The SMILES string of the molecule is COc1ccccc1/C=N\NC(=O)CN(c1ccc(Cl)c(Cl)c1)S(C)(=O)=O. The molecule has 0 aliphatic rings. The largest absolute Gasteiger partial charge is 0.496 e. The third-order valence-electron chi connectivity index (χ3n) is 3.41. The number of nitrogens with zero attached hydrogens (tertiary/aromatic N) is 2. The highest BCUT2D eigenvalue weighted by Gasteiger charge is 2.21. The van der Waals surface area contributed by atoms with Gasteiger partial charge in [-0.3, -0.25) is 9.10 Å². The summed E-state index contributed by atoms with van der Waals surface area (Å²) in [6.07, 6.45) is 2.39. The molecule has 0 bridgehead atoms. The zero-order valence-corrected chi connectivity index (χ0v) is 16.8. The van der Waals surface area contributed by atoms with Crippen LogP contribution in [0.25, 0.3) is 0 Å². The maximum Gasteiger partial charge on any atom is 0.260 e. The summed E-state index contributed by atoms with van der Waals surface area (Å²) >= 11 is 11.8. The smallest absolute Gasteiger partial charge is 0.260 e. The van der Waals surface area contributed by atoms with Crippen molar-refractivity contribution in [3.05, 3.63) is 58.1 Å². The van der Waals surface area contributed by atoms with E-state index in [1.54, 1.807) is 24.3 Å². The van der Waals surface area contributed by atoms with E-state index in [1.165, 1.54) is 31.5 Å². The van der Waals surface area contributed by atoms with Gasteiger partial charge in [-0.2, -0.15) is 5.10 Å². The second-order valence-electron chi connectivity index (χ2n) is 5.40. The van der Waals surface area contributed by atoms with Crippen LogP contribution in [0.2, 0.25) is 10.0 Å². The highest BCUT2D eigenvalue weighted by Crippen LogP contribution is 2.28. The molecule has 0 aliphatic carbocycles. The van der Waals surface area contributed by atoms with Crippen molar-refractivity contribution in [1.29, 1.82) is 0 Å². The number of rotatable bonds is 7. The number of carbonyl (C=O) groups is 1. The number of hydrogen-bond acceptors (Lipinski definition) is 5. The fourth-order valence-corrected chi connectivity index (χ4v) is 3.29. The van der Waals surface area contributed by atoms with Crippen LogP contribution in [0.4, 0.5) is 5.69 Å². The third kappa shape index (κ3) is 5.85. The van der Waals surface area contributed by atoms with Gasteiger partial charge >= 0.3 is 0 Å². The minimum absolute atomic E-state index is 0.178. The van der Waals surface area contributed by atoms with Gasteiger partial charge in [0.25, 0.3) is 5.91 Å². The molecule has 1 amide bonds. The Morgan fingerprint density at radius 1 is 1.22 bits per heavy atom. The van der Waals surface area contributed by atoms with E-state index in [4.69, 9.17) is 27.9 Å². The van der Waals surface area contributed by atoms with Gasteiger partial charge in [0.05, 0.1) is 35.3 Å². The van der Waals surface area contributed by atoms with Crippen LogP contribution in [0.15, 0.2) is 47.6 Å². The molecule has 0 fully saturated rings. The molecule has 1 N–H and O–H groups in total. The topological polar surface area (TPSA) is 88.1 Å². The molecule has 144 valence electrons. The molecule has 0 aliphatic heterocycles. The third-order valence-corrected chi connectivity index (χ3v) is 5.29. The number of sulfonamides is 1. The van der Waals surface area contributed by atoms with Gasteiger partial charge in [0.1, 0.15) is 12.3 Å². The summed E-state index contributed by atoms with van der Waals surface area (Å²) < 4.78 is 30.2. The molecule has 2 rings (SSSR count). The number of benzene rings is 2. The average Bonchev–Trinajstić information content (AvgIpc) is 2.61. The molecule has 0 unspecified atom stereocenters. The summed E-state index contributed by atoms with van der Waals surface area (Å²) in [5.74, 6) is -0.0401. The standard InChI is InChI=1S/C17H17Cl2N3O4S/c1-26-16-6-4-3-5-12(16)10-20-21-17(23)11-22(27(2,24)25)13-7-8-14(18)15(19)9-13/h3-10H,11H2,1-2H3,(H,21,23)/b20-10-. The van der Waals surface area contributed by atoms with Gasteiger partial charge < -0.3 is 4.74 Å². The van der Waals surface area contributed by atoms with Crippen molar-refractivity contribution >= 4 is 51.0 Å². The lowest BCUT2D eigenvalue weighted by Crippen LogP contribution is -2.39. The summed E-state index contributed by atoms with van der Waals surface area (Å²) in [7, 11) is -2.21. The van der Waals surface area contributed by atoms with Crippen LogP contribution in [0.5, 0.6) is 5.75 Å². The molecular weight excluding hydrogens is 413 g/mol. The summed E-state index contributed by atoms with van der Waals surface area (Å²) in [5.41, 5.74) is 3.17. The van der Waals surface area contributed by atoms with E-state index in [-0.39, 0.29) is 15.7 Å². The summed E-state index contributed by atoms with van der Waals surface area (Å²) in [6.45, 7) is -0.472. The van der Waals surface area contributed by atoms with E-state index in [0.717, 1.165) is 10.6 Å². The molecule has 2 aromatic carbocycles. The van der Waals surface area contributed by atoms with Crippen LogP contribution >= 0.6 is 23.2 Å². The summed E-state index contributed by atoms with van der Waals surface area (Å²) in [6, 6.07) is 11.4. The van der Waals surface area contributed by atoms with Gasteiger partial charge in [0, 0.05) is 5.56 Å². The van der Waals surface area contributed by atoms with E-state index in [1.807, 2.05) is 0 Å². The second-order valence-corrected chi connectivity index (χ2v) is 8.12. The molecule has 0 atom stereocenters. The van der Waals surface area contributed by atoms with Gasteiger partial charge in [0.15, 0.2) is 0 Å². The van der Waals surface area contributed by atoms with Crippen LogP contribution in [0.1, 0.15) is 5.56 Å². The number of nitrogens with one attached hydrogen (secondary N) is 1. The fraction of sp³-hybridized carbons (Fsp3) is 0.176. The Bertz CT molecular complexity index is 964. The zero-order valence-electron chi connectivity index (χ0n) is 14.5. The number of hydrogen-bond donors (Lipinski definition) is 1. The number of anilines is 1. The average molecular weight is 430 g/mol. The van der Waals surface area contributed by atoms with Crippen molar-refractivity contribution in [3.63, 3.8) is 0 Å². The van der Waals surface area contributed by atoms with Crippen molar-refractivity contribution in [2.75, 3.05) is 24.2 Å². The van der Waals surface area contributed by atoms with Crippen LogP contribution in [0, 0.1) is 0 Å². The number of para-hydroxylation sites is 1. The Balaban J connectivity index is 2.12. The normalized spacial score (nSPS) is 11.4. The zero-order chi connectivity index (χ0) is 20.0. The second kappa shape index (κ2) is 9.07. The molecule has 27 heavy (non-hydrogen) atoms. The van der Waals surface area contributed by atoms with Gasteiger partial charge in [0.2, 0.25) is 10.0 Å². The molecule has 7 nitrogen and oxygen atoms in total. The first-order chi connectivity index (χ1) is 12.7. The molecule has 0 saturated carbocycles.